The van der Waals surface area contributed by atoms with Crippen molar-refractivity contribution in [2.75, 3.05) is 27.3 Å². The second-order valence-corrected chi connectivity index (χ2v) is 7.20. The smallest absolute Gasteiger partial charge is 0.242 e. The third-order valence-electron chi connectivity index (χ3n) is 5.63. The highest BCUT2D eigenvalue weighted by Gasteiger charge is 2.39. The highest BCUT2D eigenvalue weighted by atomic mass is 16.5. The summed E-state index contributed by atoms with van der Waals surface area (Å²) in [6.45, 7) is 1.28. The molecule has 0 radical (unpaired) electrons. The minimum atomic E-state index is -0.419. The van der Waals surface area contributed by atoms with Crippen LogP contribution in [0.5, 0.6) is 11.5 Å². The Kier molecular flexibility index (Phi) is 5.02. The Balaban J connectivity index is 1.72. The van der Waals surface area contributed by atoms with Gasteiger partial charge in [-0.1, -0.05) is 0 Å². The van der Waals surface area contributed by atoms with E-state index in [1.807, 2.05) is 12.1 Å². The van der Waals surface area contributed by atoms with Gasteiger partial charge in [-0.15, -0.1) is 0 Å². The van der Waals surface area contributed by atoms with Crippen LogP contribution in [0.25, 0.3) is 10.8 Å². The Morgan fingerprint density at radius 2 is 1.89 bits per heavy atom. The van der Waals surface area contributed by atoms with Gasteiger partial charge in [0, 0.05) is 23.9 Å². The fourth-order valence-corrected chi connectivity index (χ4v) is 4.20. The number of methoxy groups -OCH3 is 2. The second kappa shape index (κ2) is 7.61. The Hall–Kier alpha value is -2.90. The molecule has 28 heavy (non-hydrogen) atoms. The molecule has 8 nitrogen and oxygen atoms in total. The zero-order chi connectivity index (χ0) is 19.7. The molecular weight excluding hydrogens is 360 g/mol. The molecule has 8 heteroatoms. The van der Waals surface area contributed by atoms with Crippen molar-refractivity contribution >= 4 is 22.6 Å². The van der Waals surface area contributed by atoms with Crippen LogP contribution in [0, 0.1) is 0 Å². The molecule has 2 amide bonds. The van der Waals surface area contributed by atoms with Crippen LogP contribution in [0.15, 0.2) is 18.3 Å². The first-order valence-electron chi connectivity index (χ1n) is 9.59. The van der Waals surface area contributed by atoms with E-state index < -0.39 is 5.92 Å². The molecule has 3 heterocycles. The maximum absolute atomic E-state index is 13.3. The number of hydrogen-bond acceptors (Lipinski definition) is 6. The Morgan fingerprint density at radius 3 is 2.64 bits per heavy atom. The number of ether oxygens (including phenoxy) is 2. The molecule has 2 fully saturated rings. The Labute approximate surface area is 163 Å². The van der Waals surface area contributed by atoms with Crippen LogP contribution >= 0.6 is 0 Å². The number of carbonyl (C=O) groups excluding carboxylic acids is 2. The van der Waals surface area contributed by atoms with Gasteiger partial charge in [-0.05, 0) is 37.8 Å². The fraction of sp³-hybridized carbons (Fsp3) is 0.500. The van der Waals surface area contributed by atoms with Crippen LogP contribution in [0.2, 0.25) is 0 Å². The van der Waals surface area contributed by atoms with Crippen LogP contribution in [0.4, 0.5) is 0 Å². The van der Waals surface area contributed by atoms with E-state index in [2.05, 4.69) is 15.5 Å². The number of hydrogen-bond donors (Lipinski definition) is 1. The molecule has 1 aromatic carbocycles. The largest absolute Gasteiger partial charge is 0.493 e. The van der Waals surface area contributed by atoms with Crippen molar-refractivity contribution in [2.24, 2.45) is 0 Å². The van der Waals surface area contributed by atoms with Crippen LogP contribution in [0.3, 0.4) is 0 Å². The van der Waals surface area contributed by atoms with E-state index >= 15 is 0 Å². The van der Waals surface area contributed by atoms with Crippen molar-refractivity contribution in [3.63, 3.8) is 0 Å². The summed E-state index contributed by atoms with van der Waals surface area (Å²) in [5.74, 6) is 0.652. The van der Waals surface area contributed by atoms with E-state index in [9.17, 15) is 9.59 Å². The number of carbonyl (C=O) groups is 2. The number of nitrogens with one attached hydrogen (secondary N) is 1. The molecule has 0 spiro atoms. The van der Waals surface area contributed by atoms with Crippen LogP contribution < -0.4 is 14.8 Å². The highest BCUT2D eigenvalue weighted by molar-refractivity contribution is 5.95. The van der Waals surface area contributed by atoms with Crippen molar-refractivity contribution in [1.82, 2.24) is 20.4 Å². The van der Waals surface area contributed by atoms with E-state index in [0.717, 1.165) is 23.6 Å². The van der Waals surface area contributed by atoms with Crippen LogP contribution in [-0.4, -0.2) is 60.3 Å². The minimum Gasteiger partial charge on any atom is -0.493 e. The molecule has 148 valence electrons. The number of aromatic nitrogens is 2. The first kappa shape index (κ1) is 18.5. The molecular formula is C20H24N4O4. The lowest BCUT2D eigenvalue weighted by Crippen LogP contribution is -2.55. The summed E-state index contributed by atoms with van der Waals surface area (Å²) in [7, 11) is 3.16. The lowest BCUT2D eigenvalue weighted by molar-refractivity contribution is -0.145. The van der Waals surface area contributed by atoms with Gasteiger partial charge in [0.1, 0.15) is 6.04 Å². The summed E-state index contributed by atoms with van der Waals surface area (Å²) in [5.41, 5.74) is 0.629. The summed E-state index contributed by atoms with van der Waals surface area (Å²) in [4.78, 5) is 27.3. The SMILES string of the molecule is COc1cc2cnnc(C3CCCN([C@@H]4CCCNC4=O)C3=O)c2cc1OC. The van der Waals surface area contributed by atoms with Crippen molar-refractivity contribution in [3.8, 4) is 11.5 Å². The third-order valence-corrected chi connectivity index (χ3v) is 5.63. The van der Waals surface area contributed by atoms with Gasteiger partial charge in [0.2, 0.25) is 11.8 Å². The molecule has 2 atom stereocenters. The van der Waals surface area contributed by atoms with Gasteiger partial charge in [-0.2, -0.15) is 10.2 Å². The number of fused-ring (bicyclic) bond motifs is 1. The summed E-state index contributed by atoms with van der Waals surface area (Å²) in [6, 6.07) is 3.30. The Morgan fingerprint density at radius 1 is 1.11 bits per heavy atom. The van der Waals surface area contributed by atoms with Crippen molar-refractivity contribution in [2.45, 2.75) is 37.6 Å². The summed E-state index contributed by atoms with van der Waals surface area (Å²) in [5, 5.41) is 13.0. The number of nitrogens with zero attached hydrogens (tertiary/aromatic N) is 3. The zero-order valence-corrected chi connectivity index (χ0v) is 16.1. The molecule has 0 saturated carbocycles. The average molecular weight is 384 g/mol. The van der Waals surface area contributed by atoms with Gasteiger partial charge in [-0.3, -0.25) is 9.59 Å². The molecule has 2 aliphatic rings. The number of amides is 2. The second-order valence-electron chi connectivity index (χ2n) is 7.20. The standard InChI is InChI=1S/C20H24N4O4/c1-27-16-9-12-11-22-23-18(14(12)10-17(16)28-2)13-5-4-8-24(20(13)26)15-6-3-7-21-19(15)25/h9-11,13,15H,3-8H2,1-2H3,(H,21,25)/t13?,15-/m1/s1. The number of piperidine rings is 2. The number of benzene rings is 1. The molecule has 2 saturated heterocycles. The maximum Gasteiger partial charge on any atom is 0.242 e. The molecule has 0 bridgehead atoms. The van der Waals surface area contributed by atoms with Crippen LogP contribution in [0.1, 0.15) is 37.3 Å². The van der Waals surface area contributed by atoms with E-state index in [1.165, 1.54) is 0 Å². The first-order valence-corrected chi connectivity index (χ1v) is 9.59. The van der Waals surface area contributed by atoms with Gasteiger partial charge in [0.05, 0.1) is 32.0 Å². The Bertz CT molecular complexity index is 916. The summed E-state index contributed by atoms with van der Waals surface area (Å²) >= 11 is 0. The third kappa shape index (κ3) is 3.12. The normalized spacial score (nSPS) is 22.9. The zero-order valence-electron chi connectivity index (χ0n) is 16.1. The minimum absolute atomic E-state index is 0.0510. The lowest BCUT2D eigenvalue weighted by Gasteiger charge is -2.38. The van der Waals surface area contributed by atoms with Gasteiger partial charge in [0.25, 0.3) is 0 Å². The molecule has 0 aliphatic carbocycles. The van der Waals surface area contributed by atoms with Crippen molar-refractivity contribution in [1.29, 1.82) is 0 Å². The predicted molar refractivity (Wildman–Crippen MR) is 102 cm³/mol. The predicted octanol–water partition coefficient (Wildman–Crippen LogP) is 1.63. The molecule has 2 aliphatic heterocycles. The maximum atomic E-state index is 13.3. The van der Waals surface area contributed by atoms with E-state index in [4.69, 9.17) is 9.47 Å². The van der Waals surface area contributed by atoms with Gasteiger partial charge in [0.15, 0.2) is 11.5 Å². The average Bonchev–Trinajstić information content (AvgIpc) is 2.73. The topological polar surface area (TPSA) is 93.7 Å². The highest BCUT2D eigenvalue weighted by Crippen LogP contribution is 2.37. The van der Waals surface area contributed by atoms with Crippen molar-refractivity contribution < 1.29 is 19.1 Å². The summed E-state index contributed by atoms with van der Waals surface area (Å²) in [6.07, 6.45) is 4.75. The lowest BCUT2D eigenvalue weighted by atomic mass is 9.89. The fourth-order valence-electron chi connectivity index (χ4n) is 4.20. The van der Waals surface area contributed by atoms with Gasteiger partial charge in [-0.25, -0.2) is 0 Å². The van der Waals surface area contributed by atoms with E-state index in [0.29, 0.717) is 43.1 Å². The molecule has 4 rings (SSSR count). The van der Waals surface area contributed by atoms with Crippen LogP contribution in [-0.2, 0) is 9.59 Å². The quantitative estimate of drug-likeness (QED) is 0.861. The molecule has 1 unspecified atom stereocenters. The molecule has 1 N–H and O–H groups in total. The van der Waals surface area contributed by atoms with Crippen molar-refractivity contribution in [3.05, 3.63) is 24.0 Å². The summed E-state index contributed by atoms with van der Waals surface area (Å²) < 4.78 is 10.8. The molecule has 1 aromatic heterocycles. The number of likely N-dealkylation sites (tertiary alicyclic amines) is 1. The van der Waals surface area contributed by atoms with Gasteiger partial charge < -0.3 is 19.7 Å². The van der Waals surface area contributed by atoms with Gasteiger partial charge >= 0.3 is 0 Å². The molecule has 2 aromatic rings. The van der Waals surface area contributed by atoms with E-state index in [-0.39, 0.29) is 17.9 Å². The van der Waals surface area contributed by atoms with E-state index in [1.54, 1.807) is 25.3 Å². The monoisotopic (exact) mass is 384 g/mol. The number of rotatable bonds is 4. The first-order chi connectivity index (χ1) is 13.6.